The van der Waals surface area contributed by atoms with E-state index in [1.165, 1.54) is 13.2 Å². The van der Waals surface area contributed by atoms with E-state index in [0.717, 1.165) is 0 Å². The molecule has 0 bridgehead atoms. The molecule has 0 saturated carbocycles. The molecule has 0 aliphatic rings. The molecule has 0 amide bonds. The Morgan fingerprint density at radius 1 is 1.33 bits per heavy atom. The number of ether oxygens (including phenoxy) is 2. The number of carbonyl (C=O) groups is 1. The van der Waals surface area contributed by atoms with Gasteiger partial charge in [0.25, 0.3) is 0 Å². The van der Waals surface area contributed by atoms with Crippen LogP contribution in [0.25, 0.3) is 0 Å². The number of esters is 1. The van der Waals surface area contributed by atoms with E-state index in [2.05, 4.69) is 0 Å². The maximum absolute atomic E-state index is 11.0. The van der Waals surface area contributed by atoms with Crippen molar-refractivity contribution in [2.75, 3.05) is 7.11 Å². The molecule has 0 fully saturated rings. The molecule has 0 aliphatic carbocycles. The largest absolute Gasteiger partial charge is 0.501 e. The Bertz CT molecular complexity index is 186. The fourth-order valence-corrected chi connectivity index (χ4v) is 0.556. The van der Waals surface area contributed by atoms with Crippen LogP contribution >= 0.6 is 0 Å². The van der Waals surface area contributed by atoms with E-state index in [4.69, 9.17) is 9.47 Å². The van der Waals surface area contributed by atoms with Crippen LogP contribution in [0.1, 0.15) is 27.7 Å². The van der Waals surface area contributed by atoms with Crippen molar-refractivity contribution in [3.8, 4) is 0 Å². The number of hydrogen-bond acceptors (Lipinski definition) is 3. The van der Waals surface area contributed by atoms with Gasteiger partial charge in [0.15, 0.2) is 0 Å². The second-order valence-corrected chi connectivity index (χ2v) is 3.49. The Kier molecular flexibility index (Phi) is 3.80. The Morgan fingerprint density at radius 2 is 1.83 bits per heavy atom. The molecule has 0 rings (SSSR count). The molecule has 0 heterocycles. The average molecular weight is 172 g/mol. The third-order valence-electron chi connectivity index (χ3n) is 1.05. The van der Waals surface area contributed by atoms with E-state index >= 15 is 0 Å². The molecular weight excluding hydrogens is 156 g/mol. The number of allylic oxidation sites excluding steroid dienone is 1. The zero-order valence-corrected chi connectivity index (χ0v) is 8.30. The molecule has 0 aliphatic heterocycles. The fraction of sp³-hybridized carbons (Fsp3) is 0.667. The zero-order chi connectivity index (χ0) is 9.78. The summed E-state index contributed by atoms with van der Waals surface area (Å²) < 4.78 is 9.81. The lowest BCUT2D eigenvalue weighted by Gasteiger charge is -2.18. The first-order chi connectivity index (χ1) is 5.35. The van der Waals surface area contributed by atoms with Crippen molar-refractivity contribution >= 4 is 5.97 Å². The first kappa shape index (κ1) is 11.0. The van der Waals surface area contributed by atoms with E-state index in [1.54, 1.807) is 6.92 Å². The summed E-state index contributed by atoms with van der Waals surface area (Å²) in [7, 11) is 1.51. The third kappa shape index (κ3) is 5.77. The normalized spacial score (nSPS) is 12.6. The Balaban J connectivity index is 4.08. The molecule has 70 valence electrons. The van der Waals surface area contributed by atoms with E-state index in [-0.39, 0.29) is 5.97 Å². The van der Waals surface area contributed by atoms with Crippen molar-refractivity contribution in [2.45, 2.75) is 33.3 Å². The van der Waals surface area contributed by atoms with Gasteiger partial charge in [-0.15, -0.1) is 0 Å². The van der Waals surface area contributed by atoms with E-state index in [0.29, 0.717) is 5.76 Å². The van der Waals surface area contributed by atoms with Crippen LogP contribution in [-0.2, 0) is 14.3 Å². The van der Waals surface area contributed by atoms with E-state index < -0.39 is 5.60 Å². The summed E-state index contributed by atoms with van der Waals surface area (Å²) in [6.07, 6.45) is 1.32. The molecule has 0 N–H and O–H groups in total. The van der Waals surface area contributed by atoms with Gasteiger partial charge in [0.1, 0.15) is 5.60 Å². The molecule has 0 radical (unpaired) electrons. The highest BCUT2D eigenvalue weighted by Crippen LogP contribution is 2.08. The van der Waals surface area contributed by atoms with Crippen molar-refractivity contribution in [1.29, 1.82) is 0 Å². The number of methoxy groups -OCH3 is 1. The molecule has 0 aromatic carbocycles. The molecule has 0 unspecified atom stereocenters. The van der Waals surface area contributed by atoms with E-state index in [9.17, 15) is 4.79 Å². The third-order valence-corrected chi connectivity index (χ3v) is 1.05. The van der Waals surface area contributed by atoms with Crippen LogP contribution in [0.5, 0.6) is 0 Å². The summed E-state index contributed by atoms with van der Waals surface area (Å²) in [6.45, 7) is 7.16. The van der Waals surface area contributed by atoms with Crippen LogP contribution < -0.4 is 0 Å². The lowest BCUT2D eigenvalue weighted by Crippen LogP contribution is -2.22. The van der Waals surface area contributed by atoms with Gasteiger partial charge in [-0.3, -0.25) is 0 Å². The van der Waals surface area contributed by atoms with Gasteiger partial charge in [-0.1, -0.05) is 0 Å². The molecular formula is C9H16O3. The number of rotatable bonds is 2. The summed E-state index contributed by atoms with van der Waals surface area (Å²) in [5.41, 5.74) is -0.443. The number of hydrogen-bond donors (Lipinski definition) is 0. The van der Waals surface area contributed by atoms with Gasteiger partial charge < -0.3 is 9.47 Å². The van der Waals surface area contributed by atoms with Gasteiger partial charge in [-0.05, 0) is 27.7 Å². The lowest BCUT2D eigenvalue weighted by atomic mass is 10.2. The van der Waals surface area contributed by atoms with Gasteiger partial charge in [-0.25, -0.2) is 4.79 Å². The molecule has 0 atom stereocenters. The summed E-state index contributed by atoms with van der Waals surface area (Å²) in [4.78, 5) is 11.0. The highest BCUT2D eigenvalue weighted by molar-refractivity contribution is 5.82. The minimum Gasteiger partial charge on any atom is -0.501 e. The summed E-state index contributed by atoms with van der Waals surface area (Å²) >= 11 is 0. The fourth-order valence-electron chi connectivity index (χ4n) is 0.556. The first-order valence-electron chi connectivity index (χ1n) is 3.80. The maximum Gasteiger partial charge on any atom is 0.334 e. The van der Waals surface area contributed by atoms with Gasteiger partial charge in [0.2, 0.25) is 0 Å². The molecule has 12 heavy (non-hydrogen) atoms. The highest BCUT2D eigenvalue weighted by atomic mass is 16.6. The minimum absolute atomic E-state index is 0.373. The molecule has 0 saturated heterocycles. The Labute approximate surface area is 73.4 Å². The zero-order valence-electron chi connectivity index (χ0n) is 8.30. The van der Waals surface area contributed by atoms with Crippen LogP contribution in [0.4, 0.5) is 0 Å². The standard InChI is InChI=1S/C9H16O3/c1-7(11-5)6-8(10)12-9(2,3)4/h6H,1-5H3/b7-6+. The van der Waals surface area contributed by atoms with Crippen LogP contribution in [0.2, 0.25) is 0 Å². The van der Waals surface area contributed by atoms with Crippen molar-refractivity contribution in [3.63, 3.8) is 0 Å². The molecule has 0 aromatic heterocycles. The minimum atomic E-state index is -0.443. The van der Waals surface area contributed by atoms with Crippen molar-refractivity contribution in [3.05, 3.63) is 11.8 Å². The quantitative estimate of drug-likeness (QED) is 0.362. The smallest absolute Gasteiger partial charge is 0.334 e. The van der Waals surface area contributed by atoms with Crippen molar-refractivity contribution in [2.24, 2.45) is 0 Å². The van der Waals surface area contributed by atoms with Crippen molar-refractivity contribution in [1.82, 2.24) is 0 Å². The SMILES string of the molecule is CO/C(C)=C/C(=O)OC(C)(C)C. The van der Waals surface area contributed by atoms with Crippen LogP contribution in [0, 0.1) is 0 Å². The Morgan fingerprint density at radius 3 is 2.17 bits per heavy atom. The van der Waals surface area contributed by atoms with Crippen LogP contribution in [0.15, 0.2) is 11.8 Å². The predicted octanol–water partition coefficient (Wildman–Crippen LogP) is 1.88. The van der Waals surface area contributed by atoms with Crippen LogP contribution in [0.3, 0.4) is 0 Å². The second kappa shape index (κ2) is 4.14. The summed E-state index contributed by atoms with van der Waals surface area (Å²) in [5.74, 6) is 0.172. The molecule has 3 nitrogen and oxygen atoms in total. The average Bonchev–Trinajstić information content (AvgIpc) is 1.82. The van der Waals surface area contributed by atoms with E-state index in [1.807, 2.05) is 20.8 Å². The monoisotopic (exact) mass is 172 g/mol. The molecule has 0 spiro atoms. The van der Waals surface area contributed by atoms with Crippen molar-refractivity contribution < 1.29 is 14.3 Å². The lowest BCUT2D eigenvalue weighted by molar-refractivity contribution is -0.148. The van der Waals surface area contributed by atoms with Gasteiger partial charge in [0.05, 0.1) is 18.9 Å². The van der Waals surface area contributed by atoms with Gasteiger partial charge in [-0.2, -0.15) is 0 Å². The summed E-state index contributed by atoms with van der Waals surface area (Å²) in [5, 5.41) is 0. The van der Waals surface area contributed by atoms with Gasteiger partial charge >= 0.3 is 5.97 Å². The molecule has 3 heteroatoms. The maximum atomic E-state index is 11.0. The van der Waals surface area contributed by atoms with Crippen LogP contribution in [-0.4, -0.2) is 18.7 Å². The summed E-state index contributed by atoms with van der Waals surface area (Å²) in [6, 6.07) is 0. The topological polar surface area (TPSA) is 35.5 Å². The molecule has 0 aromatic rings. The highest BCUT2D eigenvalue weighted by Gasteiger charge is 2.14. The van der Waals surface area contributed by atoms with Gasteiger partial charge in [0, 0.05) is 0 Å². The second-order valence-electron chi connectivity index (χ2n) is 3.49. The first-order valence-corrected chi connectivity index (χ1v) is 3.80. The number of carbonyl (C=O) groups excluding carboxylic acids is 1. The Hall–Kier alpha value is -0.990. The predicted molar refractivity (Wildman–Crippen MR) is 46.6 cm³/mol.